The van der Waals surface area contributed by atoms with Crippen molar-refractivity contribution in [1.29, 1.82) is 0 Å². The maximum Gasteiger partial charge on any atom is 0.331 e. The van der Waals surface area contributed by atoms with Crippen molar-refractivity contribution in [1.82, 2.24) is 0 Å². The molecule has 3 rings (SSSR count). The first kappa shape index (κ1) is 29.5. The van der Waals surface area contributed by atoms with Gasteiger partial charge in [-0.25, -0.2) is 4.79 Å². The van der Waals surface area contributed by atoms with Crippen molar-refractivity contribution in [2.24, 2.45) is 11.3 Å². The number of anilines is 1. The standard InChI is InChI=1S/C33H45NO4/c1-23(2)38-32(36)18-13-25-9-8-10-29(20-25)34(31(35)21-33(4,5)6)22-26-11-14-27(15-12-26)28-16-17-30(37-7)24(3)19-28/h8-10,13,16-20,23,26-27H,11-12,14-15,21-22H2,1-7H3/b18-13+. The lowest BCUT2D eigenvalue weighted by molar-refractivity contribution is -0.141. The van der Waals surface area contributed by atoms with E-state index in [4.69, 9.17) is 9.47 Å². The van der Waals surface area contributed by atoms with E-state index in [0.717, 1.165) is 42.7 Å². The largest absolute Gasteiger partial charge is 0.496 e. The number of benzene rings is 2. The molecule has 0 bridgehead atoms. The van der Waals surface area contributed by atoms with E-state index in [1.165, 1.54) is 17.2 Å². The number of methoxy groups -OCH3 is 1. The van der Waals surface area contributed by atoms with Crippen LogP contribution in [0.2, 0.25) is 0 Å². The minimum absolute atomic E-state index is 0.0999. The van der Waals surface area contributed by atoms with Gasteiger partial charge in [0.05, 0.1) is 13.2 Å². The van der Waals surface area contributed by atoms with Crippen LogP contribution in [0.25, 0.3) is 6.08 Å². The highest BCUT2D eigenvalue weighted by Gasteiger charge is 2.28. The van der Waals surface area contributed by atoms with Crippen LogP contribution in [0.3, 0.4) is 0 Å². The normalized spacial score (nSPS) is 18.0. The van der Waals surface area contributed by atoms with E-state index in [1.807, 2.05) is 43.0 Å². The summed E-state index contributed by atoms with van der Waals surface area (Å²) in [6.07, 6.45) is 7.95. The van der Waals surface area contributed by atoms with E-state index < -0.39 is 0 Å². The second-order valence-electron chi connectivity index (χ2n) is 12.1. The van der Waals surface area contributed by atoms with Gasteiger partial charge in [-0.3, -0.25) is 4.79 Å². The monoisotopic (exact) mass is 519 g/mol. The third kappa shape index (κ3) is 8.75. The Balaban J connectivity index is 1.73. The van der Waals surface area contributed by atoms with Crippen molar-refractivity contribution in [3.8, 4) is 5.75 Å². The average molecular weight is 520 g/mol. The van der Waals surface area contributed by atoms with Gasteiger partial charge in [-0.2, -0.15) is 0 Å². The molecule has 0 unspecified atom stereocenters. The first-order valence-corrected chi connectivity index (χ1v) is 13.9. The maximum atomic E-state index is 13.5. The number of amides is 1. The Hall–Kier alpha value is -3.08. The van der Waals surface area contributed by atoms with E-state index in [2.05, 4.69) is 45.9 Å². The Morgan fingerprint density at radius 2 is 1.76 bits per heavy atom. The molecule has 0 heterocycles. The van der Waals surface area contributed by atoms with Gasteiger partial charge in [-0.1, -0.05) is 45.0 Å². The highest BCUT2D eigenvalue weighted by atomic mass is 16.5. The van der Waals surface area contributed by atoms with Gasteiger partial charge in [0.1, 0.15) is 5.75 Å². The Kier molecular flexibility index (Phi) is 10.2. The van der Waals surface area contributed by atoms with E-state index >= 15 is 0 Å². The number of nitrogens with zero attached hydrogens (tertiary/aromatic N) is 1. The lowest BCUT2D eigenvalue weighted by Gasteiger charge is -2.34. The number of ether oxygens (including phenoxy) is 2. The Labute approximate surface area is 229 Å². The van der Waals surface area contributed by atoms with E-state index in [1.54, 1.807) is 13.2 Å². The van der Waals surface area contributed by atoms with Crippen LogP contribution < -0.4 is 9.64 Å². The number of carbonyl (C=O) groups excluding carboxylic acids is 2. The van der Waals surface area contributed by atoms with Gasteiger partial charge in [-0.05, 0) is 105 Å². The molecule has 1 fully saturated rings. The molecule has 1 amide bonds. The summed E-state index contributed by atoms with van der Waals surface area (Å²) >= 11 is 0. The molecule has 206 valence electrons. The van der Waals surface area contributed by atoms with Gasteiger partial charge in [0, 0.05) is 24.7 Å². The van der Waals surface area contributed by atoms with Crippen molar-refractivity contribution < 1.29 is 19.1 Å². The van der Waals surface area contributed by atoms with Gasteiger partial charge in [0.15, 0.2) is 0 Å². The van der Waals surface area contributed by atoms with Gasteiger partial charge in [-0.15, -0.1) is 0 Å². The molecule has 0 aromatic heterocycles. The van der Waals surface area contributed by atoms with E-state index in [9.17, 15) is 9.59 Å². The van der Waals surface area contributed by atoms with Crippen molar-refractivity contribution in [2.45, 2.75) is 85.7 Å². The molecule has 1 saturated carbocycles. The number of rotatable bonds is 9. The van der Waals surface area contributed by atoms with Gasteiger partial charge < -0.3 is 14.4 Å². The zero-order valence-corrected chi connectivity index (χ0v) is 24.3. The second kappa shape index (κ2) is 13.1. The summed E-state index contributed by atoms with van der Waals surface area (Å²) in [7, 11) is 1.71. The quantitative estimate of drug-likeness (QED) is 0.251. The first-order valence-electron chi connectivity index (χ1n) is 13.9. The van der Waals surface area contributed by atoms with E-state index in [-0.39, 0.29) is 23.4 Å². The third-order valence-electron chi connectivity index (χ3n) is 7.11. The maximum absolute atomic E-state index is 13.5. The molecule has 0 saturated heterocycles. The summed E-state index contributed by atoms with van der Waals surface area (Å²) in [5, 5.41) is 0. The molecule has 5 heteroatoms. The topological polar surface area (TPSA) is 55.8 Å². The SMILES string of the molecule is COc1ccc(C2CCC(CN(C(=O)CC(C)(C)C)c3cccc(/C=C/C(=O)OC(C)C)c3)CC2)cc1C. The molecular formula is C33H45NO4. The van der Waals surface area contributed by atoms with Crippen molar-refractivity contribution in [3.63, 3.8) is 0 Å². The number of hydrogen-bond acceptors (Lipinski definition) is 4. The Morgan fingerprint density at radius 3 is 2.37 bits per heavy atom. The summed E-state index contributed by atoms with van der Waals surface area (Å²) in [5.74, 6) is 1.72. The number of carbonyl (C=O) groups is 2. The average Bonchev–Trinajstić information content (AvgIpc) is 2.85. The van der Waals surface area contributed by atoms with Crippen LogP contribution in [0.4, 0.5) is 5.69 Å². The fourth-order valence-electron chi connectivity index (χ4n) is 5.22. The summed E-state index contributed by atoms with van der Waals surface area (Å²) < 4.78 is 10.6. The van der Waals surface area contributed by atoms with E-state index in [0.29, 0.717) is 24.8 Å². The zero-order chi connectivity index (χ0) is 27.9. The molecule has 0 atom stereocenters. The Bertz CT molecular complexity index is 1120. The van der Waals surface area contributed by atoms with Crippen LogP contribution in [0.1, 0.15) is 89.3 Å². The third-order valence-corrected chi connectivity index (χ3v) is 7.11. The fourth-order valence-corrected chi connectivity index (χ4v) is 5.22. The number of hydrogen-bond donors (Lipinski definition) is 0. The highest BCUT2D eigenvalue weighted by molar-refractivity contribution is 5.94. The van der Waals surface area contributed by atoms with Crippen LogP contribution >= 0.6 is 0 Å². The predicted molar refractivity (Wildman–Crippen MR) is 156 cm³/mol. The van der Waals surface area contributed by atoms with Crippen LogP contribution in [0, 0.1) is 18.3 Å². The predicted octanol–water partition coefficient (Wildman–Crippen LogP) is 7.71. The van der Waals surface area contributed by atoms with Gasteiger partial charge >= 0.3 is 5.97 Å². The molecule has 0 spiro atoms. The molecule has 0 radical (unpaired) electrons. The first-order chi connectivity index (χ1) is 17.9. The smallest absolute Gasteiger partial charge is 0.331 e. The molecule has 5 nitrogen and oxygen atoms in total. The van der Waals surface area contributed by atoms with Crippen LogP contribution in [-0.4, -0.2) is 31.6 Å². The highest BCUT2D eigenvalue weighted by Crippen LogP contribution is 2.38. The molecule has 38 heavy (non-hydrogen) atoms. The zero-order valence-electron chi connectivity index (χ0n) is 24.3. The summed E-state index contributed by atoms with van der Waals surface area (Å²) in [6, 6.07) is 14.4. The minimum atomic E-state index is -0.366. The second-order valence-corrected chi connectivity index (χ2v) is 12.1. The fraction of sp³-hybridized carbons (Fsp3) is 0.515. The molecular weight excluding hydrogens is 474 g/mol. The van der Waals surface area contributed by atoms with Crippen LogP contribution in [0.5, 0.6) is 5.75 Å². The summed E-state index contributed by atoms with van der Waals surface area (Å²) in [5.41, 5.74) is 4.22. The van der Waals surface area contributed by atoms with Crippen LogP contribution in [0.15, 0.2) is 48.5 Å². The molecule has 1 aliphatic rings. The number of aryl methyl sites for hydroxylation is 1. The Morgan fingerprint density at radius 1 is 1.05 bits per heavy atom. The molecule has 2 aromatic rings. The summed E-state index contributed by atoms with van der Waals surface area (Å²) in [6.45, 7) is 12.8. The lowest BCUT2D eigenvalue weighted by Crippen LogP contribution is -2.38. The number of esters is 1. The lowest BCUT2D eigenvalue weighted by atomic mass is 9.78. The molecule has 1 aliphatic carbocycles. The molecule has 2 aromatic carbocycles. The van der Waals surface area contributed by atoms with Crippen molar-refractivity contribution >= 4 is 23.6 Å². The van der Waals surface area contributed by atoms with Crippen molar-refractivity contribution in [3.05, 3.63) is 65.2 Å². The minimum Gasteiger partial charge on any atom is -0.496 e. The molecule has 0 N–H and O–H groups in total. The van der Waals surface area contributed by atoms with Crippen molar-refractivity contribution in [2.75, 3.05) is 18.6 Å². The van der Waals surface area contributed by atoms with Gasteiger partial charge in [0.2, 0.25) is 5.91 Å². The van der Waals surface area contributed by atoms with Crippen LogP contribution in [-0.2, 0) is 14.3 Å². The summed E-state index contributed by atoms with van der Waals surface area (Å²) in [4.78, 5) is 27.5. The van der Waals surface area contributed by atoms with Gasteiger partial charge in [0.25, 0.3) is 0 Å². The molecule has 0 aliphatic heterocycles.